The van der Waals surface area contributed by atoms with Gasteiger partial charge in [-0.1, -0.05) is 6.92 Å². The first-order valence-corrected chi connectivity index (χ1v) is 8.68. The van der Waals surface area contributed by atoms with E-state index in [1.165, 1.54) is 16.8 Å². The summed E-state index contributed by atoms with van der Waals surface area (Å²) in [5, 5.41) is 4.25. The Morgan fingerprint density at radius 1 is 1.43 bits per heavy atom. The maximum atomic E-state index is 13.4. The third-order valence-electron chi connectivity index (χ3n) is 3.16. The Morgan fingerprint density at radius 3 is 2.62 bits per heavy atom. The second-order valence-corrected chi connectivity index (χ2v) is 7.41. The van der Waals surface area contributed by atoms with Crippen LogP contribution in [0.5, 0.6) is 0 Å². The number of anilines is 1. The van der Waals surface area contributed by atoms with Crippen LogP contribution >= 0.6 is 15.9 Å². The fourth-order valence-corrected chi connectivity index (χ4v) is 4.30. The molecule has 2 rings (SSSR count). The molecule has 0 aliphatic heterocycles. The SMILES string of the molecule is CCc1nn(C)c(CS(=O)(=O)c2ccc(N)c(F)c2)c1Br. The van der Waals surface area contributed by atoms with Crippen molar-refractivity contribution >= 4 is 31.5 Å². The van der Waals surface area contributed by atoms with E-state index in [0.717, 1.165) is 11.8 Å². The number of aryl methyl sites for hydroxylation is 2. The number of hydrogen-bond acceptors (Lipinski definition) is 4. The summed E-state index contributed by atoms with van der Waals surface area (Å²) in [5.74, 6) is -1.00. The number of nitrogens with zero attached hydrogens (tertiary/aromatic N) is 2. The molecule has 1 aromatic heterocycles. The summed E-state index contributed by atoms with van der Waals surface area (Å²) in [7, 11) is -2.00. The highest BCUT2D eigenvalue weighted by Crippen LogP contribution is 2.26. The summed E-state index contributed by atoms with van der Waals surface area (Å²) in [6.45, 7) is 1.93. The van der Waals surface area contributed by atoms with Gasteiger partial charge < -0.3 is 5.73 Å². The quantitative estimate of drug-likeness (QED) is 0.832. The van der Waals surface area contributed by atoms with Gasteiger partial charge in [-0.3, -0.25) is 4.68 Å². The van der Waals surface area contributed by atoms with Gasteiger partial charge in [0.2, 0.25) is 0 Å². The molecule has 0 radical (unpaired) electrons. The molecule has 0 bridgehead atoms. The maximum absolute atomic E-state index is 13.4. The zero-order chi connectivity index (χ0) is 15.8. The van der Waals surface area contributed by atoms with Gasteiger partial charge in [-0.2, -0.15) is 5.10 Å². The monoisotopic (exact) mass is 375 g/mol. The minimum atomic E-state index is -3.68. The number of sulfone groups is 1. The van der Waals surface area contributed by atoms with Gasteiger partial charge >= 0.3 is 0 Å². The highest BCUT2D eigenvalue weighted by atomic mass is 79.9. The molecule has 21 heavy (non-hydrogen) atoms. The van der Waals surface area contributed by atoms with Crippen LogP contribution in [0.15, 0.2) is 27.6 Å². The van der Waals surface area contributed by atoms with Gasteiger partial charge in [0.25, 0.3) is 0 Å². The minimum Gasteiger partial charge on any atom is -0.396 e. The van der Waals surface area contributed by atoms with Gasteiger partial charge in [-0.25, -0.2) is 12.8 Å². The molecule has 0 aliphatic carbocycles. The van der Waals surface area contributed by atoms with Crippen LogP contribution in [0, 0.1) is 5.82 Å². The van der Waals surface area contributed by atoms with Crippen LogP contribution in [0.25, 0.3) is 0 Å². The van der Waals surface area contributed by atoms with Gasteiger partial charge in [-0.05, 0) is 40.5 Å². The lowest BCUT2D eigenvalue weighted by Crippen LogP contribution is -2.10. The molecule has 8 heteroatoms. The lowest BCUT2D eigenvalue weighted by atomic mass is 10.3. The van der Waals surface area contributed by atoms with E-state index < -0.39 is 15.7 Å². The standard InChI is InChI=1S/C13H15BrFN3O2S/c1-3-11-13(14)12(18(2)17-11)7-21(19,20)8-4-5-10(16)9(15)6-8/h4-6H,3,7,16H2,1-2H3. The molecular weight excluding hydrogens is 361 g/mol. The first kappa shape index (κ1) is 16.0. The summed E-state index contributed by atoms with van der Waals surface area (Å²) in [4.78, 5) is -0.0969. The number of nitrogens with two attached hydrogens (primary N) is 1. The Hall–Kier alpha value is -1.41. The van der Waals surface area contributed by atoms with Crippen molar-refractivity contribution < 1.29 is 12.8 Å². The zero-order valence-corrected chi connectivity index (χ0v) is 14.0. The minimum absolute atomic E-state index is 0.0797. The summed E-state index contributed by atoms with van der Waals surface area (Å²) in [6.07, 6.45) is 0.685. The third-order valence-corrected chi connectivity index (χ3v) is 5.70. The van der Waals surface area contributed by atoms with Gasteiger partial charge in [0.1, 0.15) is 5.82 Å². The van der Waals surface area contributed by atoms with Crippen LogP contribution in [0.2, 0.25) is 0 Å². The lowest BCUT2D eigenvalue weighted by molar-refractivity contribution is 0.587. The van der Waals surface area contributed by atoms with Gasteiger partial charge in [0, 0.05) is 7.05 Å². The third kappa shape index (κ3) is 3.11. The summed E-state index contributed by atoms with van der Waals surface area (Å²) >= 11 is 3.37. The van der Waals surface area contributed by atoms with Crippen molar-refractivity contribution in [2.45, 2.75) is 24.0 Å². The molecule has 2 N–H and O–H groups in total. The van der Waals surface area contributed by atoms with E-state index in [9.17, 15) is 12.8 Å². The Balaban J connectivity index is 2.42. The fraction of sp³-hybridized carbons (Fsp3) is 0.308. The van der Waals surface area contributed by atoms with E-state index >= 15 is 0 Å². The van der Waals surface area contributed by atoms with Gasteiger partial charge in [-0.15, -0.1) is 0 Å². The van der Waals surface area contributed by atoms with Crippen molar-refractivity contribution in [1.82, 2.24) is 9.78 Å². The predicted molar refractivity (Wildman–Crippen MR) is 82.0 cm³/mol. The van der Waals surface area contributed by atoms with Crippen molar-refractivity contribution in [2.75, 3.05) is 5.73 Å². The highest BCUT2D eigenvalue weighted by Gasteiger charge is 2.22. The van der Waals surface area contributed by atoms with Crippen molar-refractivity contribution in [3.63, 3.8) is 0 Å². The predicted octanol–water partition coefficient (Wildman–Crippen LogP) is 2.44. The van der Waals surface area contributed by atoms with Crippen molar-refractivity contribution in [3.8, 4) is 0 Å². The molecule has 1 heterocycles. The van der Waals surface area contributed by atoms with Crippen molar-refractivity contribution in [1.29, 1.82) is 0 Å². The second kappa shape index (κ2) is 5.76. The number of hydrogen-bond donors (Lipinski definition) is 1. The van der Waals surface area contributed by atoms with Crippen LogP contribution in [0.1, 0.15) is 18.3 Å². The number of nitrogen functional groups attached to an aromatic ring is 1. The van der Waals surface area contributed by atoms with Crippen LogP contribution < -0.4 is 5.73 Å². The molecule has 5 nitrogen and oxygen atoms in total. The molecule has 0 unspecified atom stereocenters. The maximum Gasteiger partial charge on any atom is 0.184 e. The molecule has 0 amide bonds. The molecule has 0 saturated heterocycles. The first-order chi connectivity index (χ1) is 9.76. The molecule has 0 fully saturated rings. The number of aromatic nitrogens is 2. The molecule has 114 valence electrons. The van der Waals surface area contributed by atoms with Gasteiger partial charge in [0.15, 0.2) is 9.84 Å². The van der Waals surface area contributed by atoms with Crippen LogP contribution in [0.3, 0.4) is 0 Å². The van der Waals surface area contributed by atoms with Gasteiger partial charge in [0.05, 0.1) is 32.2 Å². The highest BCUT2D eigenvalue weighted by molar-refractivity contribution is 9.10. The van der Waals surface area contributed by atoms with Crippen LogP contribution in [-0.4, -0.2) is 18.2 Å². The fourth-order valence-electron chi connectivity index (χ4n) is 1.94. The number of rotatable bonds is 4. The number of benzene rings is 1. The van der Waals surface area contributed by atoms with Crippen molar-refractivity contribution in [3.05, 3.63) is 39.9 Å². The molecule has 1 aromatic carbocycles. The van der Waals surface area contributed by atoms with Crippen LogP contribution in [-0.2, 0) is 29.1 Å². The van der Waals surface area contributed by atoms with Crippen molar-refractivity contribution in [2.24, 2.45) is 7.05 Å². The van der Waals surface area contributed by atoms with E-state index in [-0.39, 0.29) is 16.3 Å². The van der Waals surface area contributed by atoms with E-state index in [1.807, 2.05) is 6.92 Å². The van der Waals surface area contributed by atoms with E-state index in [1.54, 1.807) is 7.05 Å². The number of halogens is 2. The molecule has 0 saturated carbocycles. The smallest absolute Gasteiger partial charge is 0.184 e. The Labute approximate surface area is 131 Å². The van der Waals surface area contributed by atoms with E-state index in [4.69, 9.17) is 5.73 Å². The molecule has 0 spiro atoms. The van der Waals surface area contributed by atoms with E-state index in [2.05, 4.69) is 21.0 Å². The molecule has 0 aliphatic rings. The molecule has 2 aromatic rings. The summed E-state index contributed by atoms with van der Waals surface area (Å²) in [6, 6.07) is 3.49. The topological polar surface area (TPSA) is 78.0 Å². The second-order valence-electron chi connectivity index (χ2n) is 4.63. The zero-order valence-electron chi connectivity index (χ0n) is 11.6. The normalized spacial score (nSPS) is 11.8. The Morgan fingerprint density at radius 2 is 2.10 bits per heavy atom. The lowest BCUT2D eigenvalue weighted by Gasteiger charge is -2.07. The Kier molecular flexibility index (Phi) is 4.38. The first-order valence-electron chi connectivity index (χ1n) is 6.24. The average molecular weight is 376 g/mol. The average Bonchev–Trinajstić information content (AvgIpc) is 2.69. The largest absolute Gasteiger partial charge is 0.396 e. The summed E-state index contributed by atoms with van der Waals surface area (Å²) in [5.41, 5.74) is 6.60. The molecular formula is C13H15BrFN3O2S. The van der Waals surface area contributed by atoms with E-state index in [0.29, 0.717) is 16.6 Å². The summed E-state index contributed by atoms with van der Waals surface area (Å²) < 4.78 is 40.4. The molecule has 0 atom stereocenters. The Bertz CT molecular complexity index is 787. The van der Waals surface area contributed by atoms with Crippen LogP contribution in [0.4, 0.5) is 10.1 Å².